The molecule has 0 atom stereocenters. The van der Waals surface area contributed by atoms with Crippen LogP contribution in [0, 0.1) is 0 Å². The molecule has 2 heterocycles. The predicted molar refractivity (Wildman–Crippen MR) is 113 cm³/mol. The molecule has 0 spiro atoms. The van der Waals surface area contributed by atoms with E-state index in [2.05, 4.69) is 10.6 Å². The van der Waals surface area contributed by atoms with Crippen LogP contribution in [0.25, 0.3) is 0 Å². The molecule has 0 aliphatic carbocycles. The van der Waals surface area contributed by atoms with Crippen LogP contribution in [-0.4, -0.2) is 60.8 Å². The van der Waals surface area contributed by atoms with Gasteiger partial charge in [-0.2, -0.15) is 0 Å². The minimum Gasteiger partial charge on any atom is -0.493 e. The average molecular weight is 433 g/mol. The Labute approximate surface area is 179 Å². The van der Waals surface area contributed by atoms with Crippen molar-refractivity contribution in [2.75, 3.05) is 33.9 Å². The van der Waals surface area contributed by atoms with Gasteiger partial charge in [-0.1, -0.05) is 12.1 Å². The summed E-state index contributed by atoms with van der Waals surface area (Å²) in [6, 6.07) is 8.75. The van der Waals surface area contributed by atoms with Gasteiger partial charge >= 0.3 is 0 Å². The first kappa shape index (κ1) is 21.4. The molecule has 2 aromatic rings. The number of rotatable bonds is 7. The first-order chi connectivity index (χ1) is 14.5. The zero-order valence-electron chi connectivity index (χ0n) is 16.8. The molecule has 0 unspecified atom stereocenters. The van der Waals surface area contributed by atoms with Gasteiger partial charge in [0.15, 0.2) is 22.4 Å². The van der Waals surface area contributed by atoms with Crippen LogP contribution in [0.5, 0.6) is 11.5 Å². The molecule has 3 rings (SSSR count). The van der Waals surface area contributed by atoms with Crippen LogP contribution >= 0.6 is 12.2 Å². The second-order valence-corrected chi connectivity index (χ2v) is 6.85. The van der Waals surface area contributed by atoms with Crippen molar-refractivity contribution in [2.45, 2.75) is 13.0 Å². The molecule has 1 aliphatic rings. The van der Waals surface area contributed by atoms with Crippen LogP contribution < -0.4 is 20.1 Å². The van der Waals surface area contributed by atoms with E-state index in [1.54, 1.807) is 30.3 Å². The quantitative estimate of drug-likeness (QED) is 0.637. The van der Waals surface area contributed by atoms with Crippen molar-refractivity contribution in [1.29, 1.82) is 0 Å². The summed E-state index contributed by atoms with van der Waals surface area (Å²) in [4.78, 5) is 24.6. The summed E-state index contributed by atoms with van der Waals surface area (Å²) < 4.78 is 15.8. The van der Waals surface area contributed by atoms with Gasteiger partial charge in [0.2, 0.25) is 0 Å². The Morgan fingerprint density at radius 1 is 1.10 bits per heavy atom. The number of amides is 2. The van der Waals surface area contributed by atoms with E-state index in [0.717, 1.165) is 12.0 Å². The Morgan fingerprint density at radius 2 is 1.90 bits per heavy atom. The lowest BCUT2D eigenvalue weighted by molar-refractivity contribution is -0.137. The Morgan fingerprint density at radius 3 is 2.60 bits per heavy atom. The lowest BCUT2D eigenvalue weighted by Gasteiger charge is -2.30. The molecule has 1 aliphatic heterocycles. The summed E-state index contributed by atoms with van der Waals surface area (Å²) in [5.41, 5.74) is 0.877. The monoisotopic (exact) mass is 432 g/mol. The van der Waals surface area contributed by atoms with Gasteiger partial charge in [-0.15, -0.1) is 0 Å². The zero-order valence-corrected chi connectivity index (χ0v) is 17.7. The number of carbonyl (C=O) groups is 2. The second kappa shape index (κ2) is 9.97. The number of nitrogens with one attached hydrogen (secondary N) is 2. The smallest absolute Gasteiger partial charge is 0.287 e. The third kappa shape index (κ3) is 4.82. The third-order valence-corrected chi connectivity index (χ3v) is 4.97. The minimum absolute atomic E-state index is 0.150. The maximum atomic E-state index is 12.6. The van der Waals surface area contributed by atoms with E-state index in [0.29, 0.717) is 36.2 Å². The van der Waals surface area contributed by atoms with Crippen LogP contribution in [0.1, 0.15) is 22.5 Å². The normalized spacial score (nSPS) is 13.1. The van der Waals surface area contributed by atoms with Crippen molar-refractivity contribution in [3.63, 3.8) is 0 Å². The van der Waals surface area contributed by atoms with E-state index in [9.17, 15) is 9.59 Å². The highest BCUT2D eigenvalue weighted by Crippen LogP contribution is 2.30. The first-order valence-corrected chi connectivity index (χ1v) is 9.83. The molecule has 1 aromatic carbocycles. The highest BCUT2D eigenvalue weighted by molar-refractivity contribution is 7.80. The van der Waals surface area contributed by atoms with E-state index in [1.165, 1.54) is 12.3 Å². The number of carbonyl (C=O) groups excluding carboxylic acids is 2. The fraction of sp³-hybridized carbons (Fsp3) is 0.350. The largest absolute Gasteiger partial charge is 0.493 e. The second-order valence-electron chi connectivity index (χ2n) is 6.46. The molecule has 1 aromatic heterocycles. The van der Waals surface area contributed by atoms with Crippen molar-refractivity contribution in [3.8, 4) is 11.5 Å². The van der Waals surface area contributed by atoms with E-state index in [-0.39, 0.29) is 18.2 Å². The average Bonchev–Trinajstić information content (AvgIpc) is 3.47. The number of para-hydroxylation sites is 1. The highest BCUT2D eigenvalue weighted by Gasteiger charge is 2.29. The number of ether oxygens (including phenoxy) is 2. The topological polar surface area (TPSA) is 96.3 Å². The number of thiocarbonyl (C=S) groups is 1. The molecule has 9 nitrogen and oxygen atoms in total. The molecule has 10 heteroatoms. The van der Waals surface area contributed by atoms with Crippen LogP contribution in [0.2, 0.25) is 0 Å². The molecule has 0 radical (unpaired) electrons. The van der Waals surface area contributed by atoms with Gasteiger partial charge < -0.3 is 24.5 Å². The Bertz CT molecular complexity index is 903. The summed E-state index contributed by atoms with van der Waals surface area (Å²) in [5, 5.41) is 9.40. The van der Waals surface area contributed by atoms with Crippen molar-refractivity contribution in [2.24, 2.45) is 0 Å². The van der Waals surface area contributed by atoms with E-state index in [1.807, 2.05) is 18.2 Å². The van der Waals surface area contributed by atoms with E-state index < -0.39 is 5.91 Å². The van der Waals surface area contributed by atoms with Crippen molar-refractivity contribution in [1.82, 2.24) is 20.7 Å². The van der Waals surface area contributed by atoms with Gasteiger partial charge in [0.1, 0.15) is 0 Å². The third-order valence-electron chi connectivity index (χ3n) is 4.61. The summed E-state index contributed by atoms with van der Waals surface area (Å²) in [5.74, 6) is 0.726. The fourth-order valence-corrected chi connectivity index (χ4v) is 3.44. The van der Waals surface area contributed by atoms with Crippen molar-refractivity contribution >= 4 is 29.1 Å². The summed E-state index contributed by atoms with van der Waals surface area (Å²) in [6.45, 7) is 1.40. The number of hydrogen-bond donors (Lipinski definition) is 2. The predicted octanol–water partition coefficient (Wildman–Crippen LogP) is 1.55. The molecule has 0 saturated carbocycles. The summed E-state index contributed by atoms with van der Waals surface area (Å²) in [6.07, 6.45) is 2.18. The first-order valence-electron chi connectivity index (χ1n) is 9.42. The number of nitrogens with zero attached hydrogens (tertiary/aromatic N) is 2. The summed E-state index contributed by atoms with van der Waals surface area (Å²) >= 11 is 5.50. The molecule has 0 bridgehead atoms. The van der Waals surface area contributed by atoms with Gasteiger partial charge in [-0.25, -0.2) is 0 Å². The maximum Gasteiger partial charge on any atom is 0.287 e. The van der Waals surface area contributed by atoms with E-state index >= 15 is 0 Å². The SMILES string of the molecule is COc1cccc(CNC(=S)N2CCCN2C(=O)CNC(=O)c2ccco2)c1OC. The van der Waals surface area contributed by atoms with Crippen LogP contribution in [0.4, 0.5) is 0 Å². The lowest BCUT2D eigenvalue weighted by atomic mass is 10.2. The number of furan rings is 1. The molecule has 1 saturated heterocycles. The molecule has 160 valence electrons. The van der Waals surface area contributed by atoms with Gasteiger partial charge in [0.25, 0.3) is 11.8 Å². The Hall–Kier alpha value is -3.27. The number of methoxy groups -OCH3 is 2. The highest BCUT2D eigenvalue weighted by atomic mass is 32.1. The fourth-order valence-electron chi connectivity index (χ4n) is 3.18. The molecule has 30 heavy (non-hydrogen) atoms. The zero-order chi connectivity index (χ0) is 21.5. The lowest BCUT2D eigenvalue weighted by Crippen LogP contribution is -2.51. The van der Waals surface area contributed by atoms with Gasteiger partial charge in [-0.05, 0) is 36.8 Å². The van der Waals surface area contributed by atoms with Crippen LogP contribution in [0.3, 0.4) is 0 Å². The molecule has 1 fully saturated rings. The molecular formula is C20H24N4O5S. The standard InChI is InChI=1S/C20H24N4O5S/c1-27-15-7-3-6-14(18(15)28-2)12-22-20(30)24-10-5-9-23(24)17(25)13-21-19(26)16-8-4-11-29-16/h3-4,6-8,11H,5,9-10,12-13H2,1-2H3,(H,21,26)(H,22,30). The van der Waals surface area contributed by atoms with Gasteiger partial charge in [-0.3, -0.25) is 19.6 Å². The van der Waals surface area contributed by atoms with Gasteiger partial charge in [0.05, 0.1) is 27.0 Å². The number of hydrogen-bond acceptors (Lipinski definition) is 6. The minimum atomic E-state index is -0.440. The molecule has 2 amide bonds. The Balaban J connectivity index is 1.56. The van der Waals surface area contributed by atoms with Crippen molar-refractivity contribution in [3.05, 3.63) is 47.9 Å². The van der Waals surface area contributed by atoms with Crippen LogP contribution in [-0.2, 0) is 11.3 Å². The molecule has 2 N–H and O–H groups in total. The summed E-state index contributed by atoms with van der Waals surface area (Å²) in [7, 11) is 3.16. The number of benzene rings is 1. The molecular weight excluding hydrogens is 408 g/mol. The van der Waals surface area contributed by atoms with Crippen LogP contribution in [0.15, 0.2) is 41.0 Å². The van der Waals surface area contributed by atoms with Gasteiger partial charge in [0, 0.05) is 25.2 Å². The number of hydrazine groups is 1. The van der Waals surface area contributed by atoms with E-state index in [4.69, 9.17) is 26.1 Å². The maximum absolute atomic E-state index is 12.6. The van der Waals surface area contributed by atoms with Crippen molar-refractivity contribution < 1.29 is 23.5 Å². The Kier molecular flexibility index (Phi) is 7.12.